The molecule has 0 spiro atoms. The van der Waals surface area contributed by atoms with Crippen LogP contribution in [0.5, 0.6) is 0 Å². The van der Waals surface area contributed by atoms with Crippen LogP contribution in [0.3, 0.4) is 0 Å². The molecule has 0 radical (unpaired) electrons. The Balaban J connectivity index is 2.11. The molecule has 17 heavy (non-hydrogen) atoms. The fourth-order valence-electron chi connectivity index (χ4n) is 2.48. The lowest BCUT2D eigenvalue weighted by molar-refractivity contribution is -0.116. The van der Waals surface area contributed by atoms with Crippen molar-refractivity contribution in [3.63, 3.8) is 0 Å². The van der Waals surface area contributed by atoms with Crippen molar-refractivity contribution in [3.05, 3.63) is 16.1 Å². The van der Waals surface area contributed by atoms with E-state index in [-0.39, 0.29) is 5.78 Å². The highest BCUT2D eigenvalue weighted by Crippen LogP contribution is 2.35. The van der Waals surface area contributed by atoms with Crippen molar-refractivity contribution in [1.29, 1.82) is 0 Å². The zero-order valence-electron chi connectivity index (χ0n) is 10.8. The maximum absolute atomic E-state index is 11.1. The molecule has 1 aliphatic rings. The molecule has 0 aliphatic carbocycles. The molecule has 0 N–H and O–H groups in total. The summed E-state index contributed by atoms with van der Waals surface area (Å²) in [6, 6.07) is 1.04. The summed E-state index contributed by atoms with van der Waals surface area (Å²) >= 11 is 1.70. The molecule has 1 unspecified atom stereocenters. The van der Waals surface area contributed by atoms with Crippen LogP contribution in [0, 0.1) is 0 Å². The predicted octanol–water partition coefficient (Wildman–Crippen LogP) is 2.82. The van der Waals surface area contributed by atoms with Gasteiger partial charge in [-0.15, -0.1) is 11.3 Å². The second kappa shape index (κ2) is 5.27. The number of carbonyl (C=O) groups is 1. The van der Waals surface area contributed by atoms with E-state index in [1.54, 1.807) is 18.3 Å². The maximum Gasteiger partial charge on any atom is 0.135 e. The van der Waals surface area contributed by atoms with Crippen molar-refractivity contribution in [2.24, 2.45) is 0 Å². The van der Waals surface area contributed by atoms with Crippen molar-refractivity contribution in [2.45, 2.75) is 52.1 Å². The molecule has 3 nitrogen and oxygen atoms in total. The van der Waals surface area contributed by atoms with Crippen LogP contribution in [0.4, 0.5) is 0 Å². The van der Waals surface area contributed by atoms with Gasteiger partial charge in [0, 0.05) is 17.8 Å². The number of aromatic nitrogens is 1. The molecule has 2 rings (SSSR count). The molecule has 4 heteroatoms. The first-order chi connectivity index (χ1) is 8.08. The number of Topliss-reactive ketones (excluding diaryl/α,β-unsaturated/α-hetero) is 1. The van der Waals surface area contributed by atoms with E-state index < -0.39 is 0 Å². The summed E-state index contributed by atoms with van der Waals surface area (Å²) in [5.74, 6) is 0.189. The van der Waals surface area contributed by atoms with Crippen LogP contribution in [0.1, 0.15) is 50.4 Å². The van der Waals surface area contributed by atoms with E-state index in [0.29, 0.717) is 18.5 Å². The second-order valence-electron chi connectivity index (χ2n) is 5.05. The third-order valence-corrected chi connectivity index (χ3v) is 4.24. The zero-order chi connectivity index (χ0) is 12.4. The summed E-state index contributed by atoms with van der Waals surface area (Å²) < 4.78 is 0. The largest absolute Gasteiger partial charge is 0.300 e. The van der Waals surface area contributed by atoms with Crippen LogP contribution in [0.2, 0.25) is 0 Å². The van der Waals surface area contributed by atoms with Crippen LogP contribution in [-0.4, -0.2) is 28.3 Å². The highest BCUT2D eigenvalue weighted by Gasteiger charge is 2.29. The van der Waals surface area contributed by atoms with Crippen LogP contribution >= 0.6 is 11.3 Å². The fraction of sp³-hybridized carbons (Fsp3) is 0.692. The van der Waals surface area contributed by atoms with Gasteiger partial charge >= 0.3 is 0 Å². The average Bonchev–Trinajstić information content (AvgIpc) is 2.82. The highest BCUT2D eigenvalue weighted by molar-refractivity contribution is 7.09. The van der Waals surface area contributed by atoms with Gasteiger partial charge in [0.25, 0.3) is 0 Å². The Morgan fingerprint density at radius 1 is 1.65 bits per heavy atom. The molecule has 0 saturated carbocycles. The molecule has 0 amide bonds. The van der Waals surface area contributed by atoms with E-state index in [4.69, 9.17) is 0 Å². The molecule has 1 aliphatic heterocycles. The summed E-state index contributed by atoms with van der Waals surface area (Å²) in [6.07, 6.45) is 2.93. The summed E-state index contributed by atoms with van der Waals surface area (Å²) in [5.41, 5.74) is 0.938. The minimum absolute atomic E-state index is 0.189. The summed E-state index contributed by atoms with van der Waals surface area (Å²) in [7, 11) is 0. The quantitative estimate of drug-likeness (QED) is 0.826. The van der Waals surface area contributed by atoms with Crippen LogP contribution in [0.15, 0.2) is 5.38 Å². The van der Waals surface area contributed by atoms with E-state index in [0.717, 1.165) is 5.69 Å². The number of likely N-dealkylation sites (tertiary alicyclic amines) is 1. The molecule has 2 heterocycles. The van der Waals surface area contributed by atoms with Crippen molar-refractivity contribution < 1.29 is 4.79 Å². The number of thiazole rings is 1. The summed E-state index contributed by atoms with van der Waals surface area (Å²) in [5, 5.41) is 3.22. The molecule has 1 aromatic rings. The molecule has 1 aromatic heterocycles. The predicted molar refractivity (Wildman–Crippen MR) is 70.3 cm³/mol. The lowest BCUT2D eigenvalue weighted by atomic mass is 10.2. The Hall–Kier alpha value is -0.740. The number of carbonyl (C=O) groups excluding carboxylic acids is 1. The normalized spacial score (nSPS) is 21.3. The topological polar surface area (TPSA) is 33.2 Å². The van der Waals surface area contributed by atoms with Crippen molar-refractivity contribution in [1.82, 2.24) is 9.88 Å². The monoisotopic (exact) mass is 252 g/mol. The SMILES string of the molecule is CC(=O)Cc1csc(C2CCCN2C(C)C)n1. The first kappa shape index (κ1) is 12.7. The van der Waals surface area contributed by atoms with Crippen LogP contribution in [0.25, 0.3) is 0 Å². The van der Waals surface area contributed by atoms with E-state index >= 15 is 0 Å². The van der Waals surface area contributed by atoms with Crippen molar-refractivity contribution >= 4 is 17.1 Å². The van der Waals surface area contributed by atoms with Gasteiger partial charge in [-0.25, -0.2) is 4.98 Å². The smallest absolute Gasteiger partial charge is 0.135 e. The highest BCUT2D eigenvalue weighted by atomic mass is 32.1. The van der Waals surface area contributed by atoms with Crippen molar-refractivity contribution in [3.8, 4) is 0 Å². The molecule has 1 saturated heterocycles. The molecule has 1 atom stereocenters. The number of ketones is 1. The lowest BCUT2D eigenvalue weighted by Gasteiger charge is -2.26. The Morgan fingerprint density at radius 3 is 3.06 bits per heavy atom. The van der Waals surface area contributed by atoms with E-state index in [9.17, 15) is 4.79 Å². The lowest BCUT2D eigenvalue weighted by Crippen LogP contribution is -2.30. The number of hydrogen-bond donors (Lipinski definition) is 0. The van der Waals surface area contributed by atoms with E-state index in [2.05, 4.69) is 23.7 Å². The van der Waals surface area contributed by atoms with Crippen LogP contribution < -0.4 is 0 Å². The fourth-order valence-corrected chi connectivity index (χ4v) is 3.46. The first-order valence-corrected chi connectivity index (χ1v) is 7.15. The van der Waals surface area contributed by atoms with E-state index in [1.165, 1.54) is 24.4 Å². The summed E-state index contributed by atoms with van der Waals surface area (Å²) in [4.78, 5) is 18.2. The third-order valence-electron chi connectivity index (χ3n) is 3.24. The Bertz CT molecular complexity index is 400. The number of nitrogens with zero attached hydrogens (tertiary/aromatic N) is 2. The van der Waals surface area contributed by atoms with Gasteiger partial charge in [-0.3, -0.25) is 9.69 Å². The van der Waals surface area contributed by atoms with Gasteiger partial charge in [0.05, 0.1) is 11.7 Å². The number of rotatable bonds is 4. The maximum atomic E-state index is 11.1. The minimum atomic E-state index is 0.189. The standard InChI is InChI=1S/C13H20N2OS/c1-9(2)15-6-4-5-12(15)13-14-11(8-17-13)7-10(3)16/h8-9,12H,4-7H2,1-3H3. The van der Waals surface area contributed by atoms with Gasteiger partial charge in [-0.2, -0.15) is 0 Å². The summed E-state index contributed by atoms with van der Waals surface area (Å²) in [6.45, 7) is 7.27. The molecule has 0 aromatic carbocycles. The Morgan fingerprint density at radius 2 is 2.41 bits per heavy atom. The first-order valence-electron chi connectivity index (χ1n) is 6.27. The van der Waals surface area contributed by atoms with Gasteiger partial charge in [-0.1, -0.05) is 0 Å². The molecule has 1 fully saturated rings. The average molecular weight is 252 g/mol. The molecule has 0 bridgehead atoms. The number of hydrogen-bond acceptors (Lipinski definition) is 4. The van der Waals surface area contributed by atoms with Gasteiger partial charge in [0.15, 0.2) is 0 Å². The second-order valence-corrected chi connectivity index (χ2v) is 5.94. The molecular weight excluding hydrogens is 232 g/mol. The Kier molecular flexibility index (Phi) is 3.94. The third kappa shape index (κ3) is 2.93. The van der Waals surface area contributed by atoms with Gasteiger partial charge in [0.2, 0.25) is 0 Å². The molecule has 94 valence electrons. The van der Waals surface area contributed by atoms with Gasteiger partial charge < -0.3 is 0 Å². The molecular formula is C13H20N2OS. The van der Waals surface area contributed by atoms with Gasteiger partial charge in [0.1, 0.15) is 10.8 Å². The van der Waals surface area contributed by atoms with Crippen LogP contribution in [-0.2, 0) is 11.2 Å². The van der Waals surface area contributed by atoms with Gasteiger partial charge in [-0.05, 0) is 40.2 Å². The van der Waals surface area contributed by atoms with E-state index in [1.807, 2.05) is 5.38 Å². The minimum Gasteiger partial charge on any atom is -0.300 e. The van der Waals surface area contributed by atoms with Crippen molar-refractivity contribution in [2.75, 3.05) is 6.54 Å². The zero-order valence-corrected chi connectivity index (χ0v) is 11.6. The Labute approximate surface area is 107 Å².